The van der Waals surface area contributed by atoms with Crippen LogP contribution < -0.4 is 16.4 Å². The summed E-state index contributed by atoms with van der Waals surface area (Å²) < 4.78 is 0. The van der Waals surface area contributed by atoms with E-state index in [0.717, 1.165) is 42.5 Å². The van der Waals surface area contributed by atoms with Crippen molar-refractivity contribution in [2.45, 2.75) is 83.5 Å². The Bertz CT molecular complexity index is 1280. The predicted molar refractivity (Wildman–Crippen MR) is 159 cm³/mol. The maximum atomic E-state index is 13.7. The van der Waals surface area contributed by atoms with E-state index in [9.17, 15) is 19.2 Å². The van der Waals surface area contributed by atoms with E-state index in [0.29, 0.717) is 17.1 Å². The number of hydrogen-bond donors (Lipinski definition) is 3. The summed E-state index contributed by atoms with van der Waals surface area (Å²) in [7, 11) is 0. The van der Waals surface area contributed by atoms with Crippen molar-refractivity contribution in [3.8, 4) is 0 Å². The molecule has 4 amide bonds. The third-order valence-electron chi connectivity index (χ3n) is 8.06. The molecular formula is C31H40ClN5O4. The monoisotopic (exact) mass is 581 g/mol. The Morgan fingerprint density at radius 3 is 2.41 bits per heavy atom. The molecule has 0 bridgehead atoms. The Morgan fingerprint density at radius 2 is 1.73 bits per heavy atom. The average molecular weight is 582 g/mol. The van der Waals surface area contributed by atoms with Crippen molar-refractivity contribution in [3.63, 3.8) is 0 Å². The second kappa shape index (κ2) is 14.0. The number of piperidine rings is 1. The fourth-order valence-electron chi connectivity index (χ4n) is 5.64. The van der Waals surface area contributed by atoms with Crippen LogP contribution in [0.2, 0.25) is 5.02 Å². The van der Waals surface area contributed by atoms with Gasteiger partial charge in [0.25, 0.3) is 0 Å². The van der Waals surface area contributed by atoms with Gasteiger partial charge in [-0.1, -0.05) is 35.9 Å². The Kier molecular flexibility index (Phi) is 10.4. The third-order valence-corrected chi connectivity index (χ3v) is 8.49. The number of likely N-dealkylation sites (tertiary alicyclic amines) is 1. The normalized spacial score (nSPS) is 19.2. The number of hydrogen-bond acceptors (Lipinski definition) is 5. The Labute approximate surface area is 246 Å². The lowest BCUT2D eigenvalue weighted by Gasteiger charge is -2.37. The van der Waals surface area contributed by atoms with Gasteiger partial charge in [-0.2, -0.15) is 0 Å². The number of anilines is 1. The van der Waals surface area contributed by atoms with Gasteiger partial charge >= 0.3 is 0 Å². The van der Waals surface area contributed by atoms with Crippen LogP contribution in [0.25, 0.3) is 0 Å². The van der Waals surface area contributed by atoms with Crippen molar-refractivity contribution in [1.29, 1.82) is 0 Å². The molecule has 2 aromatic rings. The molecule has 41 heavy (non-hydrogen) atoms. The summed E-state index contributed by atoms with van der Waals surface area (Å²) in [6.07, 6.45) is 3.73. The van der Waals surface area contributed by atoms with E-state index in [1.165, 1.54) is 0 Å². The van der Waals surface area contributed by atoms with Gasteiger partial charge in [0.2, 0.25) is 23.6 Å². The molecule has 0 spiro atoms. The van der Waals surface area contributed by atoms with Gasteiger partial charge in [0.15, 0.2) is 0 Å². The number of nitrogens with one attached hydrogen (secondary N) is 2. The summed E-state index contributed by atoms with van der Waals surface area (Å²) in [5.41, 5.74) is 9.11. The molecule has 2 aliphatic heterocycles. The first kappa shape index (κ1) is 30.5. The zero-order valence-corrected chi connectivity index (χ0v) is 24.6. The van der Waals surface area contributed by atoms with Crippen molar-refractivity contribution in [3.05, 3.63) is 64.2 Å². The molecule has 1 fully saturated rings. The maximum absolute atomic E-state index is 13.7. The number of carbonyl (C=O) groups is 4. The quantitative estimate of drug-likeness (QED) is 0.418. The van der Waals surface area contributed by atoms with Gasteiger partial charge in [0, 0.05) is 49.1 Å². The highest BCUT2D eigenvalue weighted by Gasteiger charge is 2.36. The van der Waals surface area contributed by atoms with E-state index < -0.39 is 23.9 Å². The SMILES string of the molecule is Cc1cc(NC(=O)[C@H](CCN)NC(=O)[C@@H]2Cc3ccccc3CN2C(=O)CCC(=O)N2CCCC[C@@H]2C)ccc1Cl. The molecule has 4 N–H and O–H groups in total. The highest BCUT2D eigenvalue weighted by Crippen LogP contribution is 2.26. The van der Waals surface area contributed by atoms with Crippen LogP contribution in [0.1, 0.15) is 62.1 Å². The van der Waals surface area contributed by atoms with Crippen LogP contribution in [0, 0.1) is 6.92 Å². The molecule has 9 nitrogen and oxygen atoms in total. The van der Waals surface area contributed by atoms with E-state index in [1.807, 2.05) is 43.0 Å². The number of nitrogens with zero attached hydrogens (tertiary/aromatic N) is 2. The molecule has 10 heteroatoms. The van der Waals surface area contributed by atoms with Gasteiger partial charge in [-0.15, -0.1) is 0 Å². The van der Waals surface area contributed by atoms with E-state index in [-0.39, 0.29) is 50.2 Å². The molecule has 0 aliphatic carbocycles. The molecule has 2 aliphatic rings. The van der Waals surface area contributed by atoms with Crippen LogP contribution in [-0.2, 0) is 32.1 Å². The molecule has 0 unspecified atom stereocenters. The van der Waals surface area contributed by atoms with Crippen LogP contribution in [-0.4, -0.2) is 64.6 Å². The third kappa shape index (κ3) is 7.65. The van der Waals surface area contributed by atoms with Crippen LogP contribution in [0.3, 0.4) is 0 Å². The fourth-order valence-corrected chi connectivity index (χ4v) is 5.76. The molecule has 4 rings (SSSR count). The van der Waals surface area contributed by atoms with Crippen molar-refractivity contribution >= 4 is 40.9 Å². The number of fused-ring (bicyclic) bond motifs is 1. The van der Waals surface area contributed by atoms with Gasteiger partial charge < -0.3 is 26.2 Å². The van der Waals surface area contributed by atoms with Crippen LogP contribution in [0.4, 0.5) is 5.69 Å². The topological polar surface area (TPSA) is 125 Å². The molecule has 2 aromatic carbocycles. The van der Waals surface area contributed by atoms with Crippen molar-refractivity contribution < 1.29 is 19.2 Å². The van der Waals surface area contributed by atoms with Crippen LogP contribution >= 0.6 is 11.6 Å². The molecule has 0 aromatic heterocycles. The minimum atomic E-state index is -0.889. The van der Waals surface area contributed by atoms with Gasteiger partial charge in [-0.25, -0.2) is 0 Å². The molecule has 0 radical (unpaired) electrons. The highest BCUT2D eigenvalue weighted by atomic mass is 35.5. The van der Waals surface area contributed by atoms with Gasteiger partial charge in [-0.3, -0.25) is 19.2 Å². The number of amides is 4. The summed E-state index contributed by atoms with van der Waals surface area (Å²) in [5.74, 6) is -1.11. The van der Waals surface area contributed by atoms with Crippen molar-refractivity contribution in [1.82, 2.24) is 15.1 Å². The summed E-state index contributed by atoms with van der Waals surface area (Å²) in [6, 6.07) is 11.3. The largest absolute Gasteiger partial charge is 0.342 e. The lowest BCUT2D eigenvalue weighted by molar-refractivity contribution is -0.144. The van der Waals surface area contributed by atoms with Gasteiger partial charge in [0.1, 0.15) is 12.1 Å². The predicted octanol–water partition coefficient (Wildman–Crippen LogP) is 3.56. The number of benzene rings is 2. The lowest BCUT2D eigenvalue weighted by Crippen LogP contribution is -2.56. The Morgan fingerprint density at radius 1 is 1.02 bits per heavy atom. The Hall–Kier alpha value is -3.43. The molecule has 1 saturated heterocycles. The second-order valence-electron chi connectivity index (χ2n) is 11.0. The zero-order valence-electron chi connectivity index (χ0n) is 23.8. The van der Waals surface area contributed by atoms with Gasteiger partial charge in [0.05, 0.1) is 0 Å². The van der Waals surface area contributed by atoms with Crippen molar-refractivity contribution in [2.24, 2.45) is 5.73 Å². The number of halogens is 1. The maximum Gasteiger partial charge on any atom is 0.246 e. The first-order chi connectivity index (χ1) is 19.7. The van der Waals surface area contributed by atoms with Gasteiger partial charge in [-0.05, 0) is 81.0 Å². The zero-order chi connectivity index (χ0) is 29.5. The molecule has 2 heterocycles. The highest BCUT2D eigenvalue weighted by molar-refractivity contribution is 6.31. The molecule has 3 atom stereocenters. The summed E-state index contributed by atoms with van der Waals surface area (Å²) in [6.45, 7) is 5.05. The number of aryl methyl sites for hydroxylation is 1. The lowest BCUT2D eigenvalue weighted by atomic mass is 9.92. The fraction of sp³-hybridized carbons (Fsp3) is 0.484. The minimum absolute atomic E-state index is 0.0244. The van der Waals surface area contributed by atoms with Crippen LogP contribution in [0.5, 0.6) is 0 Å². The van der Waals surface area contributed by atoms with E-state index in [1.54, 1.807) is 23.1 Å². The van der Waals surface area contributed by atoms with Crippen LogP contribution in [0.15, 0.2) is 42.5 Å². The first-order valence-electron chi connectivity index (χ1n) is 14.4. The smallest absolute Gasteiger partial charge is 0.246 e. The summed E-state index contributed by atoms with van der Waals surface area (Å²) in [4.78, 5) is 56.6. The molecule has 0 saturated carbocycles. The summed E-state index contributed by atoms with van der Waals surface area (Å²) >= 11 is 6.11. The summed E-state index contributed by atoms with van der Waals surface area (Å²) in [5, 5.41) is 6.26. The number of rotatable bonds is 9. The average Bonchev–Trinajstić information content (AvgIpc) is 2.96. The van der Waals surface area contributed by atoms with E-state index in [4.69, 9.17) is 17.3 Å². The number of nitrogens with two attached hydrogens (primary N) is 1. The minimum Gasteiger partial charge on any atom is -0.342 e. The Balaban J connectivity index is 1.47. The standard InChI is InChI=1S/C31H40ClN5O4/c1-20-17-24(10-11-25(20)32)34-30(40)26(14-15-33)35-31(41)27-18-22-8-3-4-9-23(22)19-37(27)29(39)13-12-28(38)36-16-6-5-7-21(36)2/h3-4,8-11,17,21,26-27H,5-7,12-16,18-19,33H2,1-2H3,(H,34,40)(H,35,41)/t21-,26-,27-/m0/s1. The molecular weight excluding hydrogens is 542 g/mol. The van der Waals surface area contributed by atoms with E-state index >= 15 is 0 Å². The number of carbonyl (C=O) groups excluding carboxylic acids is 4. The first-order valence-corrected chi connectivity index (χ1v) is 14.8. The van der Waals surface area contributed by atoms with Crippen molar-refractivity contribution in [2.75, 3.05) is 18.4 Å². The molecule has 220 valence electrons. The second-order valence-corrected chi connectivity index (χ2v) is 11.4. The van der Waals surface area contributed by atoms with E-state index in [2.05, 4.69) is 10.6 Å².